The van der Waals surface area contributed by atoms with E-state index < -0.39 is 5.95 Å². The molecule has 4 rings (SSSR count). The highest BCUT2D eigenvalue weighted by molar-refractivity contribution is 14.2. The van der Waals surface area contributed by atoms with E-state index in [1.54, 1.807) is 48.2 Å². The van der Waals surface area contributed by atoms with Crippen LogP contribution in [-0.4, -0.2) is 31.8 Å². The number of aromatic nitrogens is 5. The largest absolute Gasteiger partial charge is 0.372 e. The third kappa shape index (κ3) is 6.40. The fourth-order valence-electron chi connectivity index (χ4n) is 3.14. The van der Waals surface area contributed by atoms with Crippen LogP contribution in [0.5, 0.6) is 0 Å². The molecular formula is C20H25FIN6P. The molecule has 1 atom stereocenters. The van der Waals surface area contributed by atoms with Gasteiger partial charge in [-0.2, -0.15) is 9.49 Å². The summed E-state index contributed by atoms with van der Waals surface area (Å²) in [6.45, 7) is 0. The molecule has 1 fully saturated rings. The summed E-state index contributed by atoms with van der Waals surface area (Å²) in [5.74, 6) is 0.0984. The third-order valence-corrected chi connectivity index (χ3v) is 6.66. The first-order valence-corrected chi connectivity index (χ1v) is 13.9. The molecule has 1 aliphatic rings. The van der Waals surface area contributed by atoms with Crippen LogP contribution in [-0.2, 0) is 0 Å². The van der Waals surface area contributed by atoms with Crippen LogP contribution in [0, 0.1) is 5.95 Å². The number of anilines is 1. The minimum absolute atomic E-state index is 0.421. The van der Waals surface area contributed by atoms with Gasteiger partial charge in [-0.05, 0) is 46.3 Å². The minimum Gasteiger partial charge on any atom is -0.372 e. The first-order chi connectivity index (χ1) is 14.2. The highest BCUT2D eigenvalue weighted by Crippen LogP contribution is 2.28. The Morgan fingerprint density at radius 3 is 2.10 bits per heavy atom. The summed E-state index contributed by atoms with van der Waals surface area (Å²) in [7, 11) is 1.76. The molecule has 0 aliphatic heterocycles. The highest BCUT2D eigenvalue weighted by Gasteiger charge is 2.12. The van der Waals surface area contributed by atoms with Crippen LogP contribution < -0.4 is 5.32 Å². The zero-order valence-corrected chi connectivity index (χ0v) is 19.6. The summed E-state index contributed by atoms with van der Waals surface area (Å²) in [4.78, 5) is 3.98. The van der Waals surface area contributed by atoms with Crippen molar-refractivity contribution in [3.05, 3.63) is 42.6 Å². The van der Waals surface area contributed by atoms with Gasteiger partial charge in [-0.15, -0.1) is 10.2 Å². The molecule has 0 bridgehead atoms. The van der Waals surface area contributed by atoms with E-state index >= 15 is 0 Å². The molecule has 1 aliphatic carbocycles. The maximum absolute atomic E-state index is 14.3. The highest BCUT2D eigenvalue weighted by atomic mass is 127. The Balaban J connectivity index is 0.000000290. The molecule has 3 heterocycles. The fourth-order valence-corrected chi connectivity index (χ4v) is 4.22. The van der Waals surface area contributed by atoms with Crippen molar-refractivity contribution in [2.24, 2.45) is 0 Å². The van der Waals surface area contributed by atoms with Crippen LogP contribution in [0.25, 0.3) is 22.5 Å². The van der Waals surface area contributed by atoms with Gasteiger partial charge in [0.05, 0.1) is 18.3 Å². The van der Waals surface area contributed by atoms with Gasteiger partial charge in [0.1, 0.15) is 11.5 Å². The minimum atomic E-state index is -0.548. The number of halogens is 2. The number of rotatable bonds is 4. The van der Waals surface area contributed by atoms with Gasteiger partial charge in [0.2, 0.25) is 5.95 Å². The molecular weight excluding hydrogens is 501 g/mol. The van der Waals surface area contributed by atoms with E-state index in [1.165, 1.54) is 44.9 Å². The van der Waals surface area contributed by atoms with Crippen molar-refractivity contribution in [2.75, 3.05) is 12.4 Å². The van der Waals surface area contributed by atoms with Gasteiger partial charge in [-0.3, -0.25) is 0 Å². The zero-order chi connectivity index (χ0) is 20.5. The summed E-state index contributed by atoms with van der Waals surface area (Å²) < 4.78 is 16.0. The Morgan fingerprint density at radius 2 is 1.62 bits per heavy atom. The standard InChI is InChI=1S/C13H11FIN6P.C7H14/c1-16-12-5-4-11(19-20-12)10-3-2-9(13(14)18-10)8-6-17-21(7-8)22-15;1-2-4-6-7-5-3-1/h2-7,22H,1H3,(H,16,20);1-7H2. The number of hydrogen-bond acceptors (Lipinski definition) is 5. The molecule has 29 heavy (non-hydrogen) atoms. The summed E-state index contributed by atoms with van der Waals surface area (Å²) in [5.41, 5.74) is 2.09. The van der Waals surface area contributed by atoms with Crippen molar-refractivity contribution in [1.82, 2.24) is 24.7 Å². The Morgan fingerprint density at radius 1 is 0.966 bits per heavy atom. The monoisotopic (exact) mass is 526 g/mol. The Hall–Kier alpha value is -1.67. The lowest BCUT2D eigenvalue weighted by molar-refractivity contribution is 0.589. The molecule has 1 unspecified atom stereocenters. The number of hydrogen-bond donors (Lipinski definition) is 1. The molecule has 1 saturated carbocycles. The van der Waals surface area contributed by atoms with E-state index in [-0.39, 0.29) is 0 Å². The van der Waals surface area contributed by atoms with Crippen LogP contribution >= 0.6 is 28.4 Å². The van der Waals surface area contributed by atoms with Gasteiger partial charge in [0, 0.05) is 24.4 Å². The van der Waals surface area contributed by atoms with Crippen molar-refractivity contribution < 1.29 is 4.39 Å². The Labute approximate surface area is 185 Å². The van der Waals surface area contributed by atoms with E-state index in [4.69, 9.17) is 0 Å². The van der Waals surface area contributed by atoms with Crippen LogP contribution in [0.3, 0.4) is 0 Å². The maximum atomic E-state index is 14.3. The molecule has 154 valence electrons. The van der Waals surface area contributed by atoms with E-state index in [9.17, 15) is 4.39 Å². The van der Waals surface area contributed by atoms with Gasteiger partial charge in [-0.25, -0.2) is 9.44 Å². The predicted molar refractivity (Wildman–Crippen MR) is 126 cm³/mol. The van der Waals surface area contributed by atoms with Crippen LogP contribution in [0.1, 0.15) is 44.9 Å². The second-order valence-electron chi connectivity index (χ2n) is 6.82. The van der Waals surface area contributed by atoms with E-state index in [1.807, 2.05) is 0 Å². The lowest BCUT2D eigenvalue weighted by atomic mass is 10.1. The quantitative estimate of drug-likeness (QED) is 0.193. The molecule has 0 spiro atoms. The SMILES string of the molecule is C1CCCCCC1.CNc1ccc(-c2ccc(-c3cnn(PI)c3)c(F)n2)nn1. The van der Waals surface area contributed by atoms with Crippen molar-refractivity contribution in [1.29, 1.82) is 0 Å². The zero-order valence-electron chi connectivity index (χ0n) is 16.4. The van der Waals surface area contributed by atoms with Gasteiger partial charge in [0.25, 0.3) is 0 Å². The molecule has 6 nitrogen and oxygen atoms in total. The van der Waals surface area contributed by atoms with Gasteiger partial charge < -0.3 is 5.32 Å². The van der Waals surface area contributed by atoms with Crippen molar-refractivity contribution in [2.45, 2.75) is 44.9 Å². The number of nitrogens with zero attached hydrogens (tertiary/aromatic N) is 5. The molecule has 0 amide bonds. The summed E-state index contributed by atoms with van der Waals surface area (Å²) in [6, 6.07) is 6.92. The smallest absolute Gasteiger partial charge is 0.221 e. The molecule has 3 aromatic heterocycles. The topological polar surface area (TPSA) is 68.5 Å². The Bertz CT molecular complexity index is 883. The molecule has 0 radical (unpaired) electrons. The lowest BCUT2D eigenvalue weighted by Crippen LogP contribution is -1.97. The molecule has 9 heteroatoms. The molecule has 0 aromatic carbocycles. The summed E-state index contributed by atoms with van der Waals surface area (Å²) in [5, 5.41) is 15.0. The van der Waals surface area contributed by atoms with Crippen LogP contribution in [0.15, 0.2) is 36.7 Å². The number of pyridine rings is 1. The fraction of sp³-hybridized carbons (Fsp3) is 0.400. The van der Waals surface area contributed by atoms with E-state index in [0.717, 1.165) is 0 Å². The van der Waals surface area contributed by atoms with E-state index in [2.05, 4.69) is 47.6 Å². The van der Waals surface area contributed by atoms with E-state index in [0.29, 0.717) is 34.7 Å². The van der Waals surface area contributed by atoms with Crippen molar-refractivity contribution >= 4 is 34.2 Å². The molecule has 3 aromatic rings. The first-order valence-electron chi connectivity index (χ1n) is 9.81. The van der Waals surface area contributed by atoms with Crippen LogP contribution in [0.2, 0.25) is 0 Å². The average Bonchev–Trinajstić information content (AvgIpc) is 3.03. The normalized spacial score (nSPS) is 14.3. The summed E-state index contributed by atoms with van der Waals surface area (Å²) >= 11 is 2.21. The molecule has 1 N–H and O–H groups in total. The Kier molecular flexibility index (Phi) is 8.73. The maximum Gasteiger partial charge on any atom is 0.221 e. The summed E-state index contributed by atoms with van der Waals surface area (Å²) in [6.07, 6.45) is 14.4. The van der Waals surface area contributed by atoms with Crippen molar-refractivity contribution in [3.63, 3.8) is 0 Å². The van der Waals surface area contributed by atoms with Crippen LogP contribution in [0.4, 0.5) is 10.2 Å². The number of nitrogens with one attached hydrogen (secondary N) is 1. The van der Waals surface area contributed by atoms with Gasteiger partial charge in [-0.1, -0.05) is 44.9 Å². The predicted octanol–water partition coefficient (Wildman–Crippen LogP) is 6.11. The van der Waals surface area contributed by atoms with Crippen molar-refractivity contribution in [3.8, 4) is 22.5 Å². The molecule has 0 saturated heterocycles. The first kappa shape index (κ1) is 22.0. The second kappa shape index (κ2) is 11.5. The second-order valence-corrected chi connectivity index (χ2v) is 8.90. The van der Waals surface area contributed by atoms with Gasteiger partial charge >= 0.3 is 0 Å². The average molecular weight is 526 g/mol. The van der Waals surface area contributed by atoms with Gasteiger partial charge in [0.15, 0.2) is 0 Å². The lowest BCUT2D eigenvalue weighted by Gasteiger charge is -2.04. The third-order valence-electron chi connectivity index (χ3n) is 4.76.